The Morgan fingerprint density at radius 3 is 1.74 bits per heavy atom. The Morgan fingerprint density at radius 1 is 0.710 bits per heavy atom. The summed E-state index contributed by atoms with van der Waals surface area (Å²) in [5.74, 6) is -1.29. The number of halogens is 1. The van der Waals surface area contributed by atoms with E-state index in [1.54, 1.807) is 12.1 Å². The van der Waals surface area contributed by atoms with Gasteiger partial charge in [0.05, 0.1) is 11.1 Å². The van der Waals surface area contributed by atoms with Gasteiger partial charge in [0.1, 0.15) is 11.5 Å². The summed E-state index contributed by atoms with van der Waals surface area (Å²) in [5.41, 5.74) is 0.404. The molecular weight excluding hydrogens is 420 g/mol. The van der Waals surface area contributed by atoms with Gasteiger partial charge in [0.2, 0.25) is 0 Å². The summed E-state index contributed by atoms with van der Waals surface area (Å²) in [6.45, 7) is 2.19. The molecule has 0 spiro atoms. The topological polar surface area (TPSA) is 89.9 Å². The highest BCUT2D eigenvalue weighted by molar-refractivity contribution is 5.91. The largest absolute Gasteiger partial charge is 0.478 e. The number of aromatic carboxylic acids is 1. The van der Waals surface area contributed by atoms with E-state index in [-0.39, 0.29) is 29.7 Å². The van der Waals surface area contributed by atoms with Crippen LogP contribution in [0.15, 0.2) is 48.5 Å². The lowest BCUT2D eigenvalue weighted by Gasteiger charge is -2.07. The number of unbranched alkanes of at least 4 members (excludes halogenated alkanes) is 6. The smallest absolute Gasteiger partial charge is 0.343 e. The lowest BCUT2D eigenvalue weighted by atomic mass is 10.1. The Kier molecular flexibility index (Phi) is 12.0. The second kappa shape index (κ2) is 14.2. The Morgan fingerprint density at radius 2 is 1.19 bits per heavy atom. The number of hydrogen-bond acceptors (Lipinski definition) is 5. The van der Waals surface area contributed by atoms with Crippen LogP contribution in [0.25, 0.3) is 0 Å². The number of carboxylic acids is 1. The standard InChI is InChI=1S/C24H28O6.ClH/c1-2-3-4-5-6-7-8-9-22(25)29-20-16-12-19(13-17-20)24(28)30-21-14-10-18(11-15-21)23(26)27;/h10-17H,2-9H2,1H3,(H,26,27);1H. The minimum atomic E-state index is -1.05. The predicted octanol–water partition coefficient (Wildman–Crippen LogP) is 6.07. The van der Waals surface area contributed by atoms with Gasteiger partial charge < -0.3 is 14.6 Å². The van der Waals surface area contributed by atoms with Crippen LogP contribution in [0.2, 0.25) is 0 Å². The quantitative estimate of drug-likeness (QED) is 0.240. The maximum Gasteiger partial charge on any atom is 0.343 e. The predicted molar refractivity (Wildman–Crippen MR) is 120 cm³/mol. The highest BCUT2D eigenvalue weighted by atomic mass is 35.5. The van der Waals surface area contributed by atoms with Crippen molar-refractivity contribution in [1.82, 2.24) is 0 Å². The van der Waals surface area contributed by atoms with E-state index < -0.39 is 11.9 Å². The van der Waals surface area contributed by atoms with Gasteiger partial charge in [0.25, 0.3) is 0 Å². The van der Waals surface area contributed by atoms with Gasteiger partial charge in [-0.1, -0.05) is 45.4 Å². The highest BCUT2D eigenvalue weighted by Gasteiger charge is 2.11. The van der Waals surface area contributed by atoms with E-state index >= 15 is 0 Å². The Balaban J connectivity index is 0.00000480. The number of ether oxygens (including phenoxy) is 2. The van der Waals surface area contributed by atoms with Crippen molar-refractivity contribution in [2.75, 3.05) is 0 Å². The fraction of sp³-hybridized carbons (Fsp3) is 0.375. The summed E-state index contributed by atoms with van der Waals surface area (Å²) >= 11 is 0. The van der Waals surface area contributed by atoms with Crippen LogP contribution in [0.5, 0.6) is 11.5 Å². The molecule has 6 nitrogen and oxygen atoms in total. The van der Waals surface area contributed by atoms with Gasteiger partial charge in [0.15, 0.2) is 0 Å². The Hall–Kier alpha value is -2.86. The fourth-order valence-electron chi connectivity index (χ4n) is 2.90. The zero-order chi connectivity index (χ0) is 21.8. The molecule has 0 fully saturated rings. The first kappa shape index (κ1) is 26.2. The van der Waals surface area contributed by atoms with Crippen LogP contribution in [0, 0.1) is 0 Å². The minimum Gasteiger partial charge on any atom is -0.478 e. The SMILES string of the molecule is CCCCCCCCCC(=O)Oc1ccc(C(=O)Oc2ccc(C(=O)O)cc2)cc1.Cl. The third-order valence-electron chi connectivity index (χ3n) is 4.62. The number of carbonyl (C=O) groups excluding carboxylic acids is 2. The molecule has 0 saturated heterocycles. The maximum atomic E-state index is 12.2. The van der Waals surface area contributed by atoms with Gasteiger partial charge in [-0.15, -0.1) is 12.4 Å². The molecule has 31 heavy (non-hydrogen) atoms. The van der Waals surface area contributed by atoms with Crippen molar-refractivity contribution >= 4 is 30.3 Å². The van der Waals surface area contributed by atoms with E-state index in [1.165, 1.54) is 62.1 Å². The second-order valence-corrected chi connectivity index (χ2v) is 7.09. The first-order chi connectivity index (χ1) is 14.5. The van der Waals surface area contributed by atoms with Crippen molar-refractivity contribution < 1.29 is 29.0 Å². The summed E-state index contributed by atoms with van der Waals surface area (Å²) in [6, 6.07) is 11.7. The highest BCUT2D eigenvalue weighted by Crippen LogP contribution is 2.18. The zero-order valence-corrected chi connectivity index (χ0v) is 18.5. The molecule has 0 aromatic heterocycles. The van der Waals surface area contributed by atoms with E-state index in [9.17, 15) is 14.4 Å². The monoisotopic (exact) mass is 448 g/mol. The number of rotatable bonds is 12. The third-order valence-corrected chi connectivity index (χ3v) is 4.62. The average Bonchev–Trinajstić information content (AvgIpc) is 2.74. The van der Waals surface area contributed by atoms with Crippen molar-refractivity contribution in [2.45, 2.75) is 58.3 Å². The molecule has 0 aliphatic heterocycles. The maximum absolute atomic E-state index is 12.2. The molecule has 1 N–H and O–H groups in total. The van der Waals surface area contributed by atoms with Crippen LogP contribution < -0.4 is 9.47 Å². The molecule has 0 aliphatic carbocycles. The summed E-state index contributed by atoms with van der Waals surface area (Å²) in [6.07, 6.45) is 8.32. The van der Waals surface area contributed by atoms with Crippen LogP contribution >= 0.6 is 12.4 Å². The van der Waals surface area contributed by atoms with Gasteiger partial charge in [0, 0.05) is 6.42 Å². The summed E-state index contributed by atoms with van der Waals surface area (Å²) in [5, 5.41) is 8.88. The number of hydrogen-bond donors (Lipinski definition) is 1. The van der Waals surface area contributed by atoms with E-state index in [2.05, 4.69) is 6.92 Å². The molecule has 0 saturated carbocycles. The van der Waals surface area contributed by atoms with Crippen LogP contribution in [0.4, 0.5) is 0 Å². The van der Waals surface area contributed by atoms with Gasteiger partial charge >= 0.3 is 17.9 Å². The molecule has 7 heteroatoms. The summed E-state index contributed by atoms with van der Waals surface area (Å²) in [7, 11) is 0. The summed E-state index contributed by atoms with van der Waals surface area (Å²) < 4.78 is 10.5. The molecule has 0 heterocycles. The molecule has 0 aliphatic rings. The number of esters is 2. The van der Waals surface area contributed by atoms with Crippen molar-refractivity contribution in [1.29, 1.82) is 0 Å². The van der Waals surface area contributed by atoms with Gasteiger partial charge in [-0.2, -0.15) is 0 Å². The Bertz CT molecular complexity index is 830. The zero-order valence-electron chi connectivity index (χ0n) is 17.7. The van der Waals surface area contributed by atoms with Crippen LogP contribution in [-0.2, 0) is 4.79 Å². The molecule has 2 aromatic carbocycles. The van der Waals surface area contributed by atoms with Crippen LogP contribution in [0.1, 0.15) is 79.0 Å². The van der Waals surface area contributed by atoms with E-state index in [0.717, 1.165) is 19.3 Å². The molecule has 0 bridgehead atoms. The first-order valence-corrected chi connectivity index (χ1v) is 10.4. The minimum absolute atomic E-state index is 0. The molecule has 0 radical (unpaired) electrons. The molecule has 168 valence electrons. The third kappa shape index (κ3) is 9.66. The molecule has 0 amide bonds. The number of carbonyl (C=O) groups is 3. The molecule has 0 atom stereocenters. The number of carboxylic acid groups (broad SMARTS) is 1. The average molecular weight is 449 g/mol. The Labute approximate surface area is 189 Å². The first-order valence-electron chi connectivity index (χ1n) is 10.4. The van der Waals surface area contributed by atoms with Gasteiger partial charge in [-0.05, 0) is 55.0 Å². The fourth-order valence-corrected chi connectivity index (χ4v) is 2.90. The van der Waals surface area contributed by atoms with Gasteiger partial charge in [-0.25, -0.2) is 9.59 Å². The normalized spacial score (nSPS) is 10.1. The molecule has 0 unspecified atom stereocenters. The van der Waals surface area contributed by atoms with Crippen molar-refractivity contribution in [2.24, 2.45) is 0 Å². The molecule has 2 rings (SSSR count). The van der Waals surface area contributed by atoms with Crippen molar-refractivity contribution in [3.63, 3.8) is 0 Å². The van der Waals surface area contributed by atoms with Crippen molar-refractivity contribution in [3.8, 4) is 11.5 Å². The lowest BCUT2D eigenvalue weighted by molar-refractivity contribution is -0.134. The summed E-state index contributed by atoms with van der Waals surface area (Å²) in [4.78, 5) is 35.0. The van der Waals surface area contributed by atoms with Crippen LogP contribution in [0.3, 0.4) is 0 Å². The van der Waals surface area contributed by atoms with Crippen molar-refractivity contribution in [3.05, 3.63) is 59.7 Å². The van der Waals surface area contributed by atoms with Crippen LogP contribution in [-0.4, -0.2) is 23.0 Å². The van der Waals surface area contributed by atoms with E-state index in [0.29, 0.717) is 17.7 Å². The van der Waals surface area contributed by atoms with Gasteiger partial charge in [-0.3, -0.25) is 4.79 Å². The molecule has 2 aromatic rings. The van der Waals surface area contributed by atoms with E-state index in [4.69, 9.17) is 14.6 Å². The molecular formula is C24H29ClO6. The number of benzene rings is 2. The second-order valence-electron chi connectivity index (χ2n) is 7.09. The van der Waals surface area contributed by atoms with E-state index in [1.807, 2.05) is 0 Å². The lowest BCUT2D eigenvalue weighted by Crippen LogP contribution is -2.10.